The van der Waals surface area contributed by atoms with Gasteiger partial charge in [-0.25, -0.2) is 19.2 Å². The number of benzene rings is 1. The fourth-order valence-electron chi connectivity index (χ4n) is 3.83. The Morgan fingerprint density at radius 2 is 1.84 bits per heavy atom. The number of hydrogen-bond acceptors (Lipinski definition) is 5. The molecule has 1 fully saturated rings. The van der Waals surface area contributed by atoms with Crippen molar-refractivity contribution in [2.75, 3.05) is 0 Å². The van der Waals surface area contributed by atoms with Crippen LogP contribution in [0.3, 0.4) is 0 Å². The molecule has 0 amide bonds. The quantitative estimate of drug-likeness (QED) is 0.402. The minimum Gasteiger partial charge on any atom is -0.259 e. The Kier molecular flexibility index (Phi) is 4.06. The molecule has 6 rings (SSSR count). The summed E-state index contributed by atoms with van der Waals surface area (Å²) >= 11 is 6.06. The summed E-state index contributed by atoms with van der Waals surface area (Å²) < 4.78 is 44.5. The van der Waals surface area contributed by atoms with Crippen molar-refractivity contribution in [2.45, 2.75) is 31.5 Å². The highest BCUT2D eigenvalue weighted by Crippen LogP contribution is 2.47. The molecule has 5 aromatic rings. The monoisotopic (exact) mass is 458 g/mol. The third kappa shape index (κ3) is 3.03. The molecule has 8 nitrogen and oxygen atoms in total. The van der Waals surface area contributed by atoms with Crippen LogP contribution in [0.4, 0.5) is 13.2 Å². The number of halogens is 4. The van der Waals surface area contributed by atoms with Gasteiger partial charge in [-0.1, -0.05) is 29.8 Å². The Balaban J connectivity index is 1.42. The van der Waals surface area contributed by atoms with Crippen LogP contribution in [0.2, 0.25) is 5.02 Å². The van der Waals surface area contributed by atoms with Gasteiger partial charge in [-0.3, -0.25) is 4.68 Å². The number of para-hydroxylation sites is 1. The summed E-state index contributed by atoms with van der Waals surface area (Å²) in [5.74, 6) is 0.280. The van der Waals surface area contributed by atoms with Gasteiger partial charge in [0.05, 0.1) is 28.0 Å². The normalized spacial score (nSPS) is 14.6. The van der Waals surface area contributed by atoms with Crippen molar-refractivity contribution >= 4 is 28.3 Å². The third-order valence-electron chi connectivity index (χ3n) is 5.41. The number of aromatic nitrogens is 8. The van der Waals surface area contributed by atoms with Gasteiger partial charge in [0.2, 0.25) is 0 Å². The first-order valence-electron chi connectivity index (χ1n) is 9.87. The maximum Gasteiger partial charge on any atom is 0.436 e. The summed E-state index contributed by atoms with van der Waals surface area (Å²) in [4.78, 5) is 8.98. The Morgan fingerprint density at radius 3 is 2.56 bits per heavy atom. The molecule has 0 unspecified atom stereocenters. The molecule has 0 atom stereocenters. The molecule has 0 spiro atoms. The van der Waals surface area contributed by atoms with E-state index in [1.807, 2.05) is 30.3 Å². The van der Waals surface area contributed by atoms with E-state index >= 15 is 0 Å². The standard InChI is InChI=1S/C20H14ClF3N8/c21-15-16(11-6-7-11)30(29-17(15)20(22,23)24)9-14-27-19-13-8-26-32(12-4-2-1-3-5-12)18(13)25-10-31(19)28-14/h1-5,8,10-11H,6-7,9H2. The van der Waals surface area contributed by atoms with Crippen LogP contribution in [-0.2, 0) is 12.7 Å². The molecule has 1 aliphatic rings. The second kappa shape index (κ2) is 6.76. The number of rotatable bonds is 4. The van der Waals surface area contributed by atoms with Crippen LogP contribution in [0, 0.1) is 0 Å². The van der Waals surface area contributed by atoms with Crippen LogP contribution in [0.1, 0.15) is 36.0 Å². The highest BCUT2D eigenvalue weighted by Gasteiger charge is 2.42. The zero-order valence-electron chi connectivity index (χ0n) is 16.3. The predicted molar refractivity (Wildman–Crippen MR) is 109 cm³/mol. The number of nitrogens with zero attached hydrogens (tertiary/aromatic N) is 8. The van der Waals surface area contributed by atoms with Gasteiger partial charge in [-0.05, 0) is 25.0 Å². The molecule has 4 aromatic heterocycles. The van der Waals surface area contributed by atoms with Gasteiger partial charge >= 0.3 is 6.18 Å². The molecule has 0 saturated heterocycles. The van der Waals surface area contributed by atoms with E-state index in [9.17, 15) is 13.2 Å². The zero-order chi connectivity index (χ0) is 22.0. The molecule has 0 radical (unpaired) electrons. The highest BCUT2D eigenvalue weighted by molar-refractivity contribution is 6.32. The predicted octanol–water partition coefficient (Wildman–Crippen LogP) is 4.26. The summed E-state index contributed by atoms with van der Waals surface area (Å²) in [5.41, 5.74) is 1.27. The second-order valence-electron chi connectivity index (χ2n) is 7.65. The molecular weight excluding hydrogens is 445 g/mol. The fraction of sp³-hybridized carbons (Fsp3) is 0.250. The van der Waals surface area contributed by atoms with E-state index in [4.69, 9.17) is 11.6 Å². The molecular formula is C20H14ClF3N8. The zero-order valence-corrected chi connectivity index (χ0v) is 17.1. The van der Waals surface area contributed by atoms with E-state index in [0.29, 0.717) is 28.2 Å². The van der Waals surface area contributed by atoms with E-state index in [2.05, 4.69) is 25.3 Å². The van der Waals surface area contributed by atoms with Gasteiger partial charge in [0.15, 0.2) is 22.8 Å². The largest absolute Gasteiger partial charge is 0.436 e. The number of fused-ring (bicyclic) bond motifs is 3. The van der Waals surface area contributed by atoms with Crippen molar-refractivity contribution in [2.24, 2.45) is 0 Å². The van der Waals surface area contributed by atoms with E-state index in [-0.39, 0.29) is 17.5 Å². The van der Waals surface area contributed by atoms with Crippen molar-refractivity contribution in [3.8, 4) is 5.69 Å². The van der Waals surface area contributed by atoms with Gasteiger partial charge in [-0.2, -0.15) is 23.4 Å². The summed E-state index contributed by atoms with van der Waals surface area (Å²) in [5, 5.41) is 12.9. The molecule has 1 saturated carbocycles. The first-order valence-corrected chi connectivity index (χ1v) is 10.2. The first kappa shape index (κ1) is 19.2. The van der Waals surface area contributed by atoms with Crippen molar-refractivity contribution in [3.63, 3.8) is 0 Å². The van der Waals surface area contributed by atoms with Crippen LogP contribution in [0.25, 0.3) is 22.4 Å². The van der Waals surface area contributed by atoms with Gasteiger partial charge < -0.3 is 0 Å². The van der Waals surface area contributed by atoms with Crippen LogP contribution in [-0.4, -0.2) is 39.1 Å². The Morgan fingerprint density at radius 1 is 1.06 bits per heavy atom. The fourth-order valence-corrected chi connectivity index (χ4v) is 4.22. The molecule has 12 heteroatoms. The van der Waals surface area contributed by atoms with Gasteiger partial charge in [-0.15, -0.1) is 5.10 Å². The third-order valence-corrected chi connectivity index (χ3v) is 5.78. The molecule has 4 heterocycles. The topological polar surface area (TPSA) is 78.7 Å². The van der Waals surface area contributed by atoms with E-state index in [1.165, 1.54) is 15.5 Å². The number of alkyl halides is 3. The molecule has 0 bridgehead atoms. The summed E-state index contributed by atoms with van der Waals surface area (Å²) in [6.07, 6.45) is 0.0923. The lowest BCUT2D eigenvalue weighted by Crippen LogP contribution is -2.10. The average molecular weight is 459 g/mol. The summed E-state index contributed by atoms with van der Waals surface area (Å²) in [7, 11) is 0. The molecule has 0 aliphatic heterocycles. The lowest BCUT2D eigenvalue weighted by Gasteiger charge is -2.03. The minimum absolute atomic E-state index is 0.0272. The van der Waals surface area contributed by atoms with Crippen LogP contribution in [0.15, 0.2) is 42.9 Å². The lowest BCUT2D eigenvalue weighted by molar-refractivity contribution is -0.141. The Hall–Kier alpha value is -3.47. The van der Waals surface area contributed by atoms with E-state index in [0.717, 1.165) is 18.5 Å². The van der Waals surface area contributed by atoms with Crippen molar-refractivity contribution in [1.82, 2.24) is 39.1 Å². The van der Waals surface area contributed by atoms with Crippen molar-refractivity contribution < 1.29 is 13.2 Å². The van der Waals surface area contributed by atoms with Crippen LogP contribution < -0.4 is 0 Å². The maximum absolute atomic E-state index is 13.3. The van der Waals surface area contributed by atoms with Crippen molar-refractivity contribution in [3.05, 3.63) is 65.1 Å². The lowest BCUT2D eigenvalue weighted by atomic mass is 10.2. The molecule has 1 aliphatic carbocycles. The summed E-state index contributed by atoms with van der Waals surface area (Å²) in [6.45, 7) is -0.0301. The second-order valence-corrected chi connectivity index (χ2v) is 8.03. The Labute approximate surface area is 183 Å². The molecule has 32 heavy (non-hydrogen) atoms. The maximum atomic E-state index is 13.3. The average Bonchev–Trinajstić information content (AvgIpc) is 3.21. The number of hydrogen-bond donors (Lipinski definition) is 0. The minimum atomic E-state index is -4.62. The highest BCUT2D eigenvalue weighted by atomic mass is 35.5. The molecule has 0 N–H and O–H groups in total. The van der Waals surface area contributed by atoms with E-state index in [1.54, 1.807) is 10.9 Å². The van der Waals surface area contributed by atoms with Crippen LogP contribution in [0.5, 0.6) is 0 Å². The van der Waals surface area contributed by atoms with Gasteiger partial charge in [0.1, 0.15) is 12.9 Å². The van der Waals surface area contributed by atoms with Gasteiger partial charge in [0, 0.05) is 5.92 Å². The van der Waals surface area contributed by atoms with E-state index < -0.39 is 11.9 Å². The molecule has 162 valence electrons. The Bertz CT molecular complexity index is 1460. The molecule has 1 aromatic carbocycles. The smallest absolute Gasteiger partial charge is 0.259 e. The summed E-state index contributed by atoms with van der Waals surface area (Å²) in [6, 6.07) is 9.53. The van der Waals surface area contributed by atoms with Gasteiger partial charge in [0.25, 0.3) is 0 Å². The SMILES string of the molecule is FC(F)(F)c1nn(Cc2nc3c4cnn(-c5ccccc5)c4ncn3n2)c(C2CC2)c1Cl. The van der Waals surface area contributed by atoms with Crippen LogP contribution >= 0.6 is 11.6 Å². The first-order chi connectivity index (χ1) is 15.4. The van der Waals surface area contributed by atoms with Crippen molar-refractivity contribution in [1.29, 1.82) is 0 Å².